The van der Waals surface area contributed by atoms with Gasteiger partial charge in [0, 0.05) is 36.0 Å². The average molecular weight is 566 g/mol. The largest absolute Gasteiger partial charge is 0.486 e. The minimum Gasteiger partial charge on any atom is -0.486 e. The molecule has 5 heterocycles. The molecular weight excluding hydrogens is 530 g/mol. The molecule has 0 spiro atoms. The molecule has 10 heteroatoms. The van der Waals surface area contributed by atoms with Crippen LogP contribution >= 0.6 is 11.6 Å². The molecule has 9 nitrogen and oxygen atoms in total. The van der Waals surface area contributed by atoms with E-state index in [1.54, 1.807) is 4.90 Å². The van der Waals surface area contributed by atoms with Gasteiger partial charge in [-0.3, -0.25) is 14.3 Å². The van der Waals surface area contributed by atoms with Gasteiger partial charge in [-0.15, -0.1) is 0 Å². The third kappa shape index (κ3) is 5.18. The Bertz CT molecular complexity index is 1480. The normalized spacial score (nSPS) is 20.2. The lowest BCUT2D eigenvalue weighted by molar-refractivity contribution is 0.0725. The predicted molar refractivity (Wildman–Crippen MR) is 153 cm³/mol. The number of carbonyl (C=O) groups is 1. The Morgan fingerprint density at radius 1 is 1.15 bits per heavy atom. The van der Waals surface area contributed by atoms with Crippen molar-refractivity contribution >= 4 is 17.5 Å². The monoisotopic (exact) mass is 565 g/mol. The Hall–Kier alpha value is -3.14. The summed E-state index contributed by atoms with van der Waals surface area (Å²) in [5.74, 6) is 0.292. The van der Waals surface area contributed by atoms with Crippen LogP contribution in [0, 0.1) is 13.8 Å². The number of nitrogens with zero attached hydrogens (tertiary/aromatic N) is 4. The first-order valence-electron chi connectivity index (χ1n) is 14.1. The Morgan fingerprint density at radius 3 is 2.67 bits per heavy atom. The van der Waals surface area contributed by atoms with Gasteiger partial charge in [0.2, 0.25) is 0 Å². The van der Waals surface area contributed by atoms with Gasteiger partial charge in [0.15, 0.2) is 0 Å². The molecule has 40 heavy (non-hydrogen) atoms. The lowest BCUT2D eigenvalue weighted by Crippen LogP contribution is -2.39. The smallest absolute Gasteiger partial charge is 0.256 e. The number of hydrogen-bond acceptors (Lipinski definition) is 6. The van der Waals surface area contributed by atoms with Gasteiger partial charge in [-0.25, -0.2) is 0 Å². The fourth-order valence-corrected chi connectivity index (χ4v) is 6.44. The van der Waals surface area contributed by atoms with Crippen LogP contribution in [-0.4, -0.2) is 76.5 Å². The number of amides is 1. The van der Waals surface area contributed by atoms with Crippen LogP contribution in [0.4, 0.5) is 0 Å². The highest BCUT2D eigenvalue weighted by Gasteiger charge is 2.33. The van der Waals surface area contributed by atoms with E-state index in [-0.39, 0.29) is 24.1 Å². The number of carbonyl (C=O) groups excluding carboxylic acids is 1. The summed E-state index contributed by atoms with van der Waals surface area (Å²) in [5, 5.41) is 5.05. The summed E-state index contributed by atoms with van der Waals surface area (Å²) < 4.78 is 13.9. The molecule has 0 aliphatic carbocycles. The zero-order valence-corrected chi connectivity index (χ0v) is 24.1. The van der Waals surface area contributed by atoms with E-state index in [4.69, 9.17) is 26.2 Å². The first kappa shape index (κ1) is 27.1. The van der Waals surface area contributed by atoms with Crippen LogP contribution in [-0.2, 0) is 17.7 Å². The number of fused-ring (bicyclic) bond motifs is 1. The Balaban J connectivity index is 1.37. The van der Waals surface area contributed by atoms with E-state index in [9.17, 15) is 9.59 Å². The number of pyridine rings is 1. The number of hydrogen-bond donors (Lipinski definition) is 1. The molecule has 0 radical (unpaired) electrons. The van der Waals surface area contributed by atoms with Crippen molar-refractivity contribution in [2.75, 3.05) is 39.9 Å². The number of H-pyrrole nitrogens is 1. The van der Waals surface area contributed by atoms with Gasteiger partial charge in [0.1, 0.15) is 11.9 Å². The van der Waals surface area contributed by atoms with E-state index in [2.05, 4.69) is 27.8 Å². The summed E-state index contributed by atoms with van der Waals surface area (Å²) in [6.07, 6.45) is 7.35. The molecule has 1 amide bonds. The number of ether oxygens (including phenoxy) is 2. The second kappa shape index (κ2) is 11.0. The lowest BCUT2D eigenvalue weighted by atomic mass is 9.90. The van der Waals surface area contributed by atoms with E-state index < -0.39 is 0 Å². The van der Waals surface area contributed by atoms with Crippen molar-refractivity contribution in [1.82, 2.24) is 24.6 Å². The molecule has 0 bridgehead atoms. The first-order valence-corrected chi connectivity index (χ1v) is 14.5. The summed E-state index contributed by atoms with van der Waals surface area (Å²) >= 11 is 6.94. The van der Waals surface area contributed by atoms with Crippen molar-refractivity contribution in [3.63, 3.8) is 0 Å². The van der Waals surface area contributed by atoms with Gasteiger partial charge in [-0.05, 0) is 82.1 Å². The minimum absolute atomic E-state index is 0.117. The molecule has 1 aromatic carbocycles. The maximum Gasteiger partial charge on any atom is 0.256 e. The highest BCUT2D eigenvalue weighted by atomic mass is 35.5. The van der Waals surface area contributed by atoms with Crippen molar-refractivity contribution in [2.45, 2.75) is 58.2 Å². The molecule has 2 fully saturated rings. The van der Waals surface area contributed by atoms with E-state index in [0.717, 1.165) is 60.3 Å². The Labute approximate surface area is 239 Å². The number of halogens is 1. The predicted octanol–water partition coefficient (Wildman–Crippen LogP) is 4.14. The second-order valence-electron chi connectivity index (χ2n) is 11.4. The fourth-order valence-electron chi connectivity index (χ4n) is 6.15. The molecule has 2 saturated heterocycles. The van der Waals surface area contributed by atoms with Crippen molar-refractivity contribution in [2.24, 2.45) is 0 Å². The van der Waals surface area contributed by atoms with Gasteiger partial charge in [0.25, 0.3) is 11.5 Å². The molecule has 3 aliphatic heterocycles. The third-order valence-corrected chi connectivity index (χ3v) is 8.85. The van der Waals surface area contributed by atoms with Crippen LogP contribution < -0.4 is 10.3 Å². The summed E-state index contributed by atoms with van der Waals surface area (Å²) in [6, 6.07) is 4.25. The molecular formula is C30H36ClN5O4. The van der Waals surface area contributed by atoms with Gasteiger partial charge in [0.05, 0.1) is 42.6 Å². The summed E-state index contributed by atoms with van der Waals surface area (Å²) in [5.41, 5.74) is 5.32. The Morgan fingerprint density at radius 2 is 1.95 bits per heavy atom. The van der Waals surface area contributed by atoms with Gasteiger partial charge >= 0.3 is 0 Å². The van der Waals surface area contributed by atoms with Crippen LogP contribution in [0.15, 0.2) is 29.3 Å². The second-order valence-corrected chi connectivity index (χ2v) is 11.7. The van der Waals surface area contributed by atoms with E-state index >= 15 is 0 Å². The van der Waals surface area contributed by atoms with Gasteiger partial charge in [-0.1, -0.05) is 11.6 Å². The molecule has 3 aromatic rings. The number of benzene rings is 1. The number of aromatic amines is 1. The summed E-state index contributed by atoms with van der Waals surface area (Å²) in [6.45, 7) is 7.70. The van der Waals surface area contributed by atoms with Crippen molar-refractivity contribution in [3.8, 4) is 16.9 Å². The number of rotatable bonds is 6. The molecule has 1 N–H and O–H groups in total. The standard InChI is InChI=1S/C30H36ClN5O4/c1-18-12-19(2)33-29(37)25(18)16-35-10-6-23-24(20-14-32-36(15-20)21-4-8-34(3)9-5-21)13-26(28(31)27(23)30(35)38)40-22-7-11-39-17-22/h12-15,21-22H,4-11,16-17H2,1-3H3,(H,33,37)/t22-/m1/s1. The number of nitrogens with one attached hydrogen (secondary N) is 1. The van der Waals surface area contributed by atoms with Gasteiger partial charge in [-0.2, -0.15) is 5.10 Å². The van der Waals surface area contributed by atoms with Crippen molar-refractivity contribution in [3.05, 3.63) is 67.9 Å². The van der Waals surface area contributed by atoms with Crippen molar-refractivity contribution < 1.29 is 14.3 Å². The molecule has 0 unspecified atom stereocenters. The number of aryl methyl sites for hydroxylation is 2. The maximum absolute atomic E-state index is 14.0. The quantitative estimate of drug-likeness (QED) is 0.483. The Kier molecular flexibility index (Phi) is 7.46. The number of piperidine rings is 1. The fraction of sp³-hybridized carbons (Fsp3) is 0.500. The van der Waals surface area contributed by atoms with Crippen molar-refractivity contribution in [1.29, 1.82) is 0 Å². The van der Waals surface area contributed by atoms with Gasteiger partial charge < -0.3 is 24.3 Å². The number of aromatic nitrogens is 3. The lowest BCUT2D eigenvalue weighted by Gasteiger charge is -2.31. The SMILES string of the molecule is Cc1cc(C)c(CN2CCc3c(-c4cnn(C5CCN(C)CC5)c4)cc(O[C@@H]4CCOC4)c(Cl)c3C2=O)c(=O)[nH]1. The third-order valence-electron chi connectivity index (χ3n) is 8.47. The minimum atomic E-state index is -0.192. The molecule has 6 rings (SSSR count). The number of likely N-dealkylation sites (tertiary alicyclic amines) is 1. The molecule has 3 aliphatic rings. The van der Waals surface area contributed by atoms with E-state index in [1.807, 2.05) is 32.2 Å². The van der Waals surface area contributed by atoms with E-state index in [0.29, 0.717) is 54.1 Å². The summed E-state index contributed by atoms with van der Waals surface area (Å²) in [4.78, 5) is 33.7. The van der Waals surface area contributed by atoms with Crippen LogP contribution in [0.2, 0.25) is 5.02 Å². The first-order chi connectivity index (χ1) is 19.3. The zero-order valence-electron chi connectivity index (χ0n) is 23.3. The van der Waals surface area contributed by atoms with Crippen LogP contribution in [0.5, 0.6) is 5.75 Å². The zero-order chi connectivity index (χ0) is 28.0. The molecule has 0 saturated carbocycles. The molecule has 212 valence electrons. The maximum atomic E-state index is 14.0. The topological polar surface area (TPSA) is 92.7 Å². The highest BCUT2D eigenvalue weighted by Crippen LogP contribution is 2.42. The van der Waals surface area contributed by atoms with Crippen LogP contribution in [0.3, 0.4) is 0 Å². The molecule has 2 aromatic heterocycles. The van der Waals surface area contributed by atoms with Crippen LogP contribution in [0.25, 0.3) is 11.1 Å². The molecule has 1 atom stereocenters. The van der Waals surface area contributed by atoms with E-state index in [1.165, 1.54) is 0 Å². The van der Waals surface area contributed by atoms with Crippen LogP contribution in [0.1, 0.15) is 58.0 Å². The highest BCUT2D eigenvalue weighted by molar-refractivity contribution is 6.35. The average Bonchev–Trinajstić information content (AvgIpc) is 3.62. The summed E-state index contributed by atoms with van der Waals surface area (Å²) in [7, 11) is 2.15.